The van der Waals surface area contributed by atoms with Crippen molar-refractivity contribution in [2.45, 2.75) is 20.8 Å². The van der Waals surface area contributed by atoms with Gasteiger partial charge in [-0.1, -0.05) is 42.5 Å². The first-order valence-corrected chi connectivity index (χ1v) is 10.4. The van der Waals surface area contributed by atoms with Gasteiger partial charge < -0.3 is 14.2 Å². The molecule has 5 nitrogen and oxygen atoms in total. The maximum atomic E-state index is 5.97. The molecule has 0 aliphatic heterocycles. The minimum absolute atomic E-state index is 0.473. The van der Waals surface area contributed by atoms with Crippen LogP contribution in [0, 0.1) is 6.92 Å². The molecule has 0 aliphatic carbocycles. The highest BCUT2D eigenvalue weighted by Gasteiger charge is 2.17. The Morgan fingerprint density at radius 2 is 1.16 bits per heavy atom. The number of aryl methyl sites for hydroxylation is 1. The Kier molecular flexibility index (Phi) is 7.82. The molecule has 3 rings (SSSR count). The van der Waals surface area contributed by atoms with E-state index < -0.39 is 0 Å². The monoisotopic (exact) mass is 416 g/mol. The van der Waals surface area contributed by atoms with Gasteiger partial charge in [0.05, 0.1) is 26.0 Å². The molecule has 0 aliphatic rings. The topological polar surface area (TPSA) is 52.4 Å². The lowest BCUT2D eigenvalue weighted by atomic mass is 10.1. The highest BCUT2D eigenvalue weighted by atomic mass is 16.5. The molecule has 0 amide bonds. The molecule has 0 aromatic heterocycles. The minimum Gasteiger partial charge on any atom is -0.494 e. The third-order valence-electron chi connectivity index (χ3n) is 4.59. The summed E-state index contributed by atoms with van der Waals surface area (Å²) in [6.07, 6.45) is 0. The molecule has 0 saturated heterocycles. The lowest BCUT2D eigenvalue weighted by molar-refractivity contribution is 0.324. The standard InChI is InChI=1S/C26H28N2O3/c1-5-30-25(27-22-16-10-7-13-19(22)3)20-14-8-9-15-21(20)26(31-6-2)28-23-17-11-12-18-24(23)29-4/h7-18H,5-6H2,1-4H3/b27-25-,28-26-. The van der Waals surface area contributed by atoms with Crippen LogP contribution in [-0.2, 0) is 9.47 Å². The van der Waals surface area contributed by atoms with E-state index in [-0.39, 0.29) is 0 Å². The van der Waals surface area contributed by atoms with Gasteiger partial charge in [-0.2, -0.15) is 0 Å². The fourth-order valence-corrected chi connectivity index (χ4v) is 3.10. The molecule has 160 valence electrons. The van der Waals surface area contributed by atoms with E-state index in [0.29, 0.717) is 36.4 Å². The first kappa shape index (κ1) is 22.1. The van der Waals surface area contributed by atoms with Crippen molar-refractivity contribution in [1.82, 2.24) is 0 Å². The van der Waals surface area contributed by atoms with Crippen LogP contribution in [0.3, 0.4) is 0 Å². The molecule has 0 spiro atoms. The summed E-state index contributed by atoms with van der Waals surface area (Å²) in [6.45, 7) is 6.88. The molecule has 0 unspecified atom stereocenters. The molecule has 0 radical (unpaired) electrons. The summed E-state index contributed by atoms with van der Waals surface area (Å²) >= 11 is 0. The SMILES string of the molecule is CCO/C(=N\c1ccccc1C)c1ccccc1/C(=N/c1ccccc1OC)OCC. The van der Waals surface area contributed by atoms with Crippen molar-refractivity contribution in [3.63, 3.8) is 0 Å². The fraction of sp³-hybridized carbons (Fsp3) is 0.231. The highest BCUT2D eigenvalue weighted by Crippen LogP contribution is 2.28. The molecule has 3 aromatic rings. The van der Waals surface area contributed by atoms with Crippen molar-refractivity contribution in [3.8, 4) is 5.75 Å². The van der Waals surface area contributed by atoms with E-state index in [1.807, 2.05) is 93.6 Å². The second kappa shape index (κ2) is 11.0. The number of benzene rings is 3. The summed E-state index contributed by atoms with van der Waals surface area (Å²) in [5.41, 5.74) is 4.24. The van der Waals surface area contributed by atoms with Gasteiger partial charge in [0.25, 0.3) is 0 Å². The average molecular weight is 417 g/mol. The Balaban J connectivity index is 2.15. The number of ether oxygens (including phenoxy) is 3. The van der Waals surface area contributed by atoms with Crippen LogP contribution in [0.2, 0.25) is 0 Å². The van der Waals surface area contributed by atoms with E-state index in [9.17, 15) is 0 Å². The van der Waals surface area contributed by atoms with Crippen LogP contribution in [0.25, 0.3) is 0 Å². The lowest BCUT2D eigenvalue weighted by Crippen LogP contribution is -2.15. The highest BCUT2D eigenvalue weighted by molar-refractivity contribution is 6.08. The number of methoxy groups -OCH3 is 1. The van der Waals surface area contributed by atoms with Crippen molar-refractivity contribution in [2.75, 3.05) is 20.3 Å². The summed E-state index contributed by atoms with van der Waals surface area (Å²) in [5.74, 6) is 1.69. The van der Waals surface area contributed by atoms with Gasteiger partial charge in [-0.3, -0.25) is 0 Å². The van der Waals surface area contributed by atoms with Crippen molar-refractivity contribution < 1.29 is 14.2 Å². The molecule has 3 aromatic carbocycles. The average Bonchev–Trinajstić information content (AvgIpc) is 2.80. The van der Waals surface area contributed by atoms with Gasteiger partial charge in [-0.15, -0.1) is 0 Å². The van der Waals surface area contributed by atoms with Gasteiger partial charge in [-0.25, -0.2) is 9.98 Å². The Morgan fingerprint density at radius 1 is 0.677 bits per heavy atom. The van der Waals surface area contributed by atoms with Gasteiger partial charge in [0.2, 0.25) is 11.8 Å². The van der Waals surface area contributed by atoms with Crippen LogP contribution in [0.1, 0.15) is 30.5 Å². The Hall–Kier alpha value is -3.60. The maximum Gasteiger partial charge on any atom is 0.222 e. The van der Waals surface area contributed by atoms with Crippen LogP contribution in [0.5, 0.6) is 5.75 Å². The molecule has 0 saturated carbocycles. The van der Waals surface area contributed by atoms with E-state index >= 15 is 0 Å². The number of para-hydroxylation sites is 3. The Bertz CT molecular complexity index is 1070. The fourth-order valence-electron chi connectivity index (χ4n) is 3.10. The maximum absolute atomic E-state index is 5.97. The van der Waals surface area contributed by atoms with Crippen molar-refractivity contribution in [3.05, 3.63) is 89.5 Å². The zero-order valence-electron chi connectivity index (χ0n) is 18.5. The molecule has 0 bridgehead atoms. The first-order valence-electron chi connectivity index (χ1n) is 10.4. The predicted molar refractivity (Wildman–Crippen MR) is 126 cm³/mol. The summed E-state index contributed by atoms with van der Waals surface area (Å²) < 4.78 is 17.4. The van der Waals surface area contributed by atoms with Crippen LogP contribution >= 0.6 is 0 Å². The second-order valence-electron chi connectivity index (χ2n) is 6.70. The summed E-state index contributed by atoms with van der Waals surface area (Å²) in [5, 5.41) is 0. The molecule has 31 heavy (non-hydrogen) atoms. The molecule has 0 fully saturated rings. The van der Waals surface area contributed by atoms with E-state index in [4.69, 9.17) is 24.2 Å². The summed E-state index contributed by atoms with van der Waals surface area (Å²) in [7, 11) is 1.63. The van der Waals surface area contributed by atoms with Gasteiger partial charge in [0.15, 0.2) is 0 Å². The molecule has 0 heterocycles. The van der Waals surface area contributed by atoms with E-state index in [1.54, 1.807) is 7.11 Å². The second-order valence-corrected chi connectivity index (χ2v) is 6.70. The molecule has 0 atom stereocenters. The number of rotatable bonds is 7. The smallest absolute Gasteiger partial charge is 0.222 e. The zero-order chi connectivity index (χ0) is 22.1. The molecular formula is C26H28N2O3. The Morgan fingerprint density at radius 3 is 1.71 bits per heavy atom. The van der Waals surface area contributed by atoms with Crippen LogP contribution in [-0.4, -0.2) is 32.1 Å². The van der Waals surface area contributed by atoms with Gasteiger partial charge in [0, 0.05) is 11.1 Å². The largest absolute Gasteiger partial charge is 0.494 e. The van der Waals surface area contributed by atoms with Crippen LogP contribution < -0.4 is 4.74 Å². The van der Waals surface area contributed by atoms with Crippen LogP contribution in [0.15, 0.2) is 82.8 Å². The van der Waals surface area contributed by atoms with E-state index in [1.165, 1.54) is 0 Å². The first-order chi connectivity index (χ1) is 15.2. The summed E-state index contributed by atoms with van der Waals surface area (Å²) in [6, 6.07) is 23.4. The van der Waals surface area contributed by atoms with Crippen molar-refractivity contribution >= 4 is 23.2 Å². The third-order valence-corrected chi connectivity index (χ3v) is 4.59. The third kappa shape index (κ3) is 5.51. The van der Waals surface area contributed by atoms with E-state index in [2.05, 4.69) is 0 Å². The molecule has 5 heteroatoms. The summed E-state index contributed by atoms with van der Waals surface area (Å²) in [4.78, 5) is 9.60. The lowest BCUT2D eigenvalue weighted by Gasteiger charge is -2.15. The number of hydrogen-bond acceptors (Lipinski definition) is 5. The minimum atomic E-state index is 0.473. The number of nitrogens with zero attached hydrogens (tertiary/aromatic N) is 2. The predicted octanol–water partition coefficient (Wildman–Crippen LogP) is 6.23. The quantitative estimate of drug-likeness (QED) is 0.339. The van der Waals surface area contributed by atoms with Gasteiger partial charge >= 0.3 is 0 Å². The van der Waals surface area contributed by atoms with Crippen LogP contribution in [0.4, 0.5) is 11.4 Å². The van der Waals surface area contributed by atoms with Crippen molar-refractivity contribution in [2.24, 2.45) is 9.98 Å². The van der Waals surface area contributed by atoms with E-state index in [0.717, 1.165) is 22.4 Å². The van der Waals surface area contributed by atoms with Gasteiger partial charge in [-0.05, 0) is 56.7 Å². The number of hydrogen-bond donors (Lipinski definition) is 0. The Labute approximate surface area is 184 Å². The van der Waals surface area contributed by atoms with Crippen molar-refractivity contribution in [1.29, 1.82) is 0 Å². The van der Waals surface area contributed by atoms with Gasteiger partial charge in [0.1, 0.15) is 11.4 Å². The molecule has 0 N–H and O–H groups in total. The molecular weight excluding hydrogens is 388 g/mol. The zero-order valence-corrected chi connectivity index (χ0v) is 18.5. The normalized spacial score (nSPS) is 11.9. The number of aliphatic imine (C=N–C) groups is 2.